The van der Waals surface area contributed by atoms with Gasteiger partial charge in [0.05, 0.1) is 6.20 Å². The van der Waals surface area contributed by atoms with Crippen LogP contribution in [-0.4, -0.2) is 47.6 Å². The Bertz CT molecular complexity index is 1510. The molecular weight excluding hydrogens is 546 g/mol. The lowest BCUT2D eigenvalue weighted by Crippen LogP contribution is -2.47. The van der Waals surface area contributed by atoms with Crippen molar-refractivity contribution in [2.75, 3.05) is 37.6 Å². The summed E-state index contributed by atoms with van der Waals surface area (Å²) in [5, 5.41) is 1.72. The van der Waals surface area contributed by atoms with E-state index in [0.717, 1.165) is 60.9 Å². The van der Waals surface area contributed by atoms with Gasteiger partial charge in [0.1, 0.15) is 11.4 Å². The molecule has 7 nitrogen and oxygen atoms in total. The third kappa shape index (κ3) is 6.43. The van der Waals surface area contributed by atoms with Gasteiger partial charge < -0.3 is 19.5 Å². The molecule has 2 aromatic heterocycles. The lowest BCUT2D eigenvalue weighted by atomic mass is 9.59. The summed E-state index contributed by atoms with van der Waals surface area (Å²) in [4.78, 5) is 17.7. The summed E-state index contributed by atoms with van der Waals surface area (Å²) < 4.78 is 6.19. The summed E-state index contributed by atoms with van der Waals surface area (Å²) in [6.45, 7) is 8.74. The molecule has 1 aliphatic heterocycles. The molecule has 1 saturated heterocycles. The van der Waals surface area contributed by atoms with Crippen molar-refractivity contribution in [2.45, 2.75) is 44.9 Å². The minimum absolute atomic E-state index is 0.489. The lowest BCUT2D eigenvalue weighted by Gasteiger charge is -2.47. The maximum absolute atomic E-state index is 6.28. The highest BCUT2D eigenvalue weighted by atomic mass is 35.5. The second kappa shape index (κ2) is 12.8. The van der Waals surface area contributed by atoms with Crippen LogP contribution < -0.4 is 20.4 Å². The molecule has 3 aliphatic rings. The number of pyridine rings is 1. The standard InChI is InChI=1S/C34H40ClN5O2/c1-2-5-28(35)7-3-6-26-22-34(12-4-13-34)14-10-27(26)24-39-16-18-40(19-17-39)29-8-9-31(42-36)32(21-29)41-30-20-25-11-15-37-33(25)38-23-30/h2-3,5,7-9,11,15,20-21,23H,1,4,6,10,12-14,16-19,22,24,36H2,(H,37,38)/b7-3-,28-5+. The molecule has 2 fully saturated rings. The molecule has 0 bridgehead atoms. The minimum atomic E-state index is 0.489. The molecule has 0 atom stereocenters. The van der Waals surface area contributed by atoms with Crippen molar-refractivity contribution < 1.29 is 9.57 Å². The number of allylic oxidation sites excluding steroid dienone is 6. The highest BCUT2D eigenvalue weighted by molar-refractivity contribution is 6.31. The number of fused-ring (bicyclic) bond motifs is 1. The molecular formula is C34H40ClN5O2. The molecule has 2 aliphatic carbocycles. The zero-order chi connectivity index (χ0) is 28.9. The minimum Gasteiger partial charge on any atom is -0.452 e. The molecule has 42 heavy (non-hydrogen) atoms. The summed E-state index contributed by atoms with van der Waals surface area (Å²) >= 11 is 6.28. The monoisotopic (exact) mass is 585 g/mol. The number of ether oxygens (including phenoxy) is 1. The van der Waals surface area contributed by atoms with Gasteiger partial charge in [-0.3, -0.25) is 4.90 Å². The Kier molecular flexibility index (Phi) is 8.70. The number of rotatable bonds is 10. The number of H-pyrrole nitrogens is 1. The number of hydrogen-bond donors (Lipinski definition) is 2. The maximum Gasteiger partial charge on any atom is 0.189 e. The van der Waals surface area contributed by atoms with Crippen LogP contribution in [0, 0.1) is 5.41 Å². The number of piperazine rings is 1. The average Bonchev–Trinajstić information content (AvgIpc) is 3.46. The summed E-state index contributed by atoms with van der Waals surface area (Å²) in [6.07, 6.45) is 20.4. The third-order valence-corrected chi connectivity index (χ3v) is 9.44. The second-order valence-corrected chi connectivity index (χ2v) is 12.3. The Morgan fingerprint density at radius 3 is 2.71 bits per heavy atom. The SMILES string of the molecule is C=C/C=C(Cl)\C=C/CC1=C(CN2CCN(c3ccc(ON)c(Oc4cnc5[nH]ccc5c4)c3)CC2)CCC2(CCC2)C1. The molecule has 8 heteroatoms. The Morgan fingerprint density at radius 2 is 1.95 bits per heavy atom. The van der Waals surface area contributed by atoms with Crippen LogP contribution in [0.2, 0.25) is 0 Å². The van der Waals surface area contributed by atoms with Crippen LogP contribution in [0.15, 0.2) is 89.8 Å². The topological polar surface area (TPSA) is 79.6 Å². The average molecular weight is 586 g/mol. The Balaban J connectivity index is 1.11. The van der Waals surface area contributed by atoms with E-state index in [1.54, 1.807) is 23.4 Å². The van der Waals surface area contributed by atoms with Gasteiger partial charge in [-0.05, 0) is 80.4 Å². The van der Waals surface area contributed by atoms with Crippen LogP contribution in [0.4, 0.5) is 5.69 Å². The van der Waals surface area contributed by atoms with Crippen molar-refractivity contribution in [1.82, 2.24) is 14.9 Å². The number of halogens is 1. The van der Waals surface area contributed by atoms with E-state index in [0.29, 0.717) is 22.7 Å². The van der Waals surface area contributed by atoms with Gasteiger partial charge >= 0.3 is 0 Å². The van der Waals surface area contributed by atoms with Gasteiger partial charge in [-0.1, -0.05) is 47.9 Å². The van der Waals surface area contributed by atoms with Gasteiger partial charge in [0.2, 0.25) is 0 Å². The van der Waals surface area contributed by atoms with E-state index < -0.39 is 0 Å². The fraction of sp³-hybridized carbons (Fsp3) is 0.382. The molecule has 3 aromatic rings. The predicted molar refractivity (Wildman–Crippen MR) is 171 cm³/mol. The van der Waals surface area contributed by atoms with Gasteiger partial charge in [0.15, 0.2) is 11.5 Å². The van der Waals surface area contributed by atoms with Crippen molar-refractivity contribution in [1.29, 1.82) is 0 Å². The number of nitrogens with two attached hydrogens (primary N) is 1. The van der Waals surface area contributed by atoms with Crippen molar-refractivity contribution in [3.63, 3.8) is 0 Å². The zero-order valence-corrected chi connectivity index (χ0v) is 24.9. The number of hydrogen-bond acceptors (Lipinski definition) is 6. The number of nitrogens with one attached hydrogen (secondary N) is 1. The smallest absolute Gasteiger partial charge is 0.189 e. The maximum atomic E-state index is 6.28. The molecule has 1 saturated carbocycles. The number of aromatic amines is 1. The fourth-order valence-electron chi connectivity index (χ4n) is 6.66. The van der Waals surface area contributed by atoms with E-state index in [1.165, 1.54) is 38.5 Å². The van der Waals surface area contributed by atoms with Crippen LogP contribution >= 0.6 is 11.6 Å². The van der Waals surface area contributed by atoms with E-state index >= 15 is 0 Å². The van der Waals surface area contributed by atoms with Crippen LogP contribution in [-0.2, 0) is 0 Å². The van der Waals surface area contributed by atoms with Crippen LogP contribution in [0.5, 0.6) is 17.2 Å². The molecule has 6 rings (SSSR count). The highest BCUT2D eigenvalue weighted by Crippen LogP contribution is 2.53. The van der Waals surface area contributed by atoms with E-state index in [2.05, 4.69) is 38.5 Å². The quantitative estimate of drug-likeness (QED) is 0.145. The fourth-order valence-corrected chi connectivity index (χ4v) is 6.84. The molecule has 1 aromatic carbocycles. The van der Waals surface area contributed by atoms with Crippen molar-refractivity contribution >= 4 is 28.3 Å². The molecule has 1 spiro atoms. The number of benzene rings is 1. The predicted octanol–water partition coefficient (Wildman–Crippen LogP) is 7.64. The van der Waals surface area contributed by atoms with Crippen LogP contribution in [0.25, 0.3) is 11.0 Å². The molecule has 0 amide bonds. The van der Waals surface area contributed by atoms with Gasteiger partial charge in [0, 0.05) is 61.1 Å². The largest absolute Gasteiger partial charge is 0.452 e. The first-order chi connectivity index (χ1) is 20.5. The Labute approximate surface area is 253 Å². The number of aromatic nitrogens is 2. The second-order valence-electron chi connectivity index (χ2n) is 11.8. The number of nitrogens with zero attached hydrogens (tertiary/aromatic N) is 3. The Hall–Kier alpha value is -3.52. The summed E-state index contributed by atoms with van der Waals surface area (Å²) in [6, 6.07) is 9.86. The van der Waals surface area contributed by atoms with E-state index in [-0.39, 0.29) is 0 Å². The highest BCUT2D eigenvalue weighted by Gasteiger charge is 2.40. The Morgan fingerprint density at radius 1 is 1.10 bits per heavy atom. The number of anilines is 1. The zero-order valence-electron chi connectivity index (χ0n) is 24.2. The van der Waals surface area contributed by atoms with Crippen molar-refractivity contribution in [3.8, 4) is 17.2 Å². The van der Waals surface area contributed by atoms with Crippen LogP contribution in [0.3, 0.4) is 0 Å². The van der Waals surface area contributed by atoms with Crippen molar-refractivity contribution in [3.05, 3.63) is 89.8 Å². The summed E-state index contributed by atoms with van der Waals surface area (Å²) in [7, 11) is 0. The molecule has 0 unspecified atom stereocenters. The van der Waals surface area contributed by atoms with Gasteiger partial charge in [-0.15, -0.1) is 0 Å². The molecule has 3 heterocycles. The van der Waals surface area contributed by atoms with E-state index in [1.807, 2.05) is 42.6 Å². The first-order valence-electron chi connectivity index (χ1n) is 15.0. The first kappa shape index (κ1) is 28.6. The van der Waals surface area contributed by atoms with E-state index in [4.69, 9.17) is 27.1 Å². The molecule has 3 N–H and O–H groups in total. The van der Waals surface area contributed by atoms with Gasteiger partial charge in [0.25, 0.3) is 0 Å². The normalized spacial score (nSPS) is 19.5. The van der Waals surface area contributed by atoms with E-state index in [9.17, 15) is 0 Å². The lowest BCUT2D eigenvalue weighted by molar-refractivity contribution is 0.108. The summed E-state index contributed by atoms with van der Waals surface area (Å²) in [5.41, 5.74) is 5.76. The van der Waals surface area contributed by atoms with Crippen LogP contribution in [0.1, 0.15) is 44.9 Å². The molecule has 0 radical (unpaired) electrons. The van der Waals surface area contributed by atoms with Crippen molar-refractivity contribution in [2.24, 2.45) is 11.3 Å². The first-order valence-corrected chi connectivity index (χ1v) is 15.4. The van der Waals surface area contributed by atoms with Gasteiger partial charge in [-0.2, -0.15) is 5.90 Å². The summed E-state index contributed by atoms with van der Waals surface area (Å²) in [5.74, 6) is 7.27. The van der Waals surface area contributed by atoms with Gasteiger partial charge in [-0.25, -0.2) is 4.98 Å². The molecule has 220 valence electrons. The third-order valence-electron chi connectivity index (χ3n) is 9.19.